The van der Waals surface area contributed by atoms with Gasteiger partial charge in [-0.05, 0) is 40.3 Å². The molecule has 2 heterocycles. The van der Waals surface area contributed by atoms with Crippen molar-refractivity contribution < 1.29 is 4.74 Å². The number of hydrogen-bond donors (Lipinski definition) is 2. The second-order valence-electron chi connectivity index (χ2n) is 8.84. The van der Waals surface area contributed by atoms with Crippen molar-refractivity contribution in [3.05, 3.63) is 29.8 Å². The number of guanidine groups is 1. The zero-order chi connectivity index (χ0) is 20.9. The molecular weight excluding hydrogens is 362 g/mol. The van der Waals surface area contributed by atoms with E-state index < -0.39 is 0 Å². The number of para-hydroxylation sites is 1. The summed E-state index contributed by atoms with van der Waals surface area (Å²) in [5.41, 5.74) is 1.01. The number of nitrogens with one attached hydrogen (secondary N) is 2. The smallest absolute Gasteiger partial charge is 0.191 e. The van der Waals surface area contributed by atoms with Crippen LogP contribution in [0.5, 0.6) is 5.75 Å². The van der Waals surface area contributed by atoms with Crippen molar-refractivity contribution in [3.8, 4) is 5.75 Å². The summed E-state index contributed by atoms with van der Waals surface area (Å²) in [6, 6.07) is 8.97. The third kappa shape index (κ3) is 5.86. The number of ether oxygens (including phenoxy) is 1. The fraction of sp³-hybridized carbons (Fsp3) is 0.696. The molecule has 0 radical (unpaired) electrons. The molecule has 1 aromatic carbocycles. The molecule has 1 aromatic rings. The maximum absolute atomic E-state index is 6.18. The predicted molar refractivity (Wildman–Crippen MR) is 121 cm³/mol. The first kappa shape index (κ1) is 21.9. The van der Waals surface area contributed by atoms with Gasteiger partial charge in [-0.1, -0.05) is 25.1 Å². The number of piperazine rings is 1. The summed E-state index contributed by atoms with van der Waals surface area (Å²) in [6.07, 6.45) is 0.906. The fourth-order valence-electron chi connectivity index (χ4n) is 4.28. The molecule has 6 heteroatoms. The van der Waals surface area contributed by atoms with E-state index in [9.17, 15) is 0 Å². The van der Waals surface area contributed by atoms with Crippen molar-refractivity contribution in [1.29, 1.82) is 0 Å². The minimum atomic E-state index is -0.199. The molecule has 0 aliphatic carbocycles. The van der Waals surface area contributed by atoms with E-state index in [2.05, 4.69) is 73.3 Å². The Balaban J connectivity index is 1.65. The molecule has 2 aliphatic rings. The Morgan fingerprint density at radius 1 is 1.21 bits per heavy atom. The molecule has 3 rings (SSSR count). The van der Waals surface area contributed by atoms with Crippen LogP contribution in [0.25, 0.3) is 0 Å². The SMILES string of the molecule is CCNC(=NCC(C)N1CCN(CC)CC1)NC1CC(C)(C)Oc2ccccc21. The van der Waals surface area contributed by atoms with Crippen molar-refractivity contribution in [2.24, 2.45) is 4.99 Å². The lowest BCUT2D eigenvalue weighted by molar-refractivity contribution is 0.0693. The molecule has 2 unspecified atom stereocenters. The van der Waals surface area contributed by atoms with E-state index in [1.54, 1.807) is 0 Å². The first-order valence-electron chi connectivity index (χ1n) is 11.2. The third-order valence-electron chi connectivity index (χ3n) is 6.02. The highest BCUT2D eigenvalue weighted by Gasteiger charge is 2.34. The van der Waals surface area contributed by atoms with E-state index in [1.807, 2.05) is 6.07 Å². The molecule has 162 valence electrons. The van der Waals surface area contributed by atoms with Crippen LogP contribution in [-0.2, 0) is 0 Å². The van der Waals surface area contributed by atoms with E-state index in [0.29, 0.717) is 6.04 Å². The van der Waals surface area contributed by atoms with Gasteiger partial charge in [0.05, 0.1) is 12.6 Å². The first-order chi connectivity index (χ1) is 13.9. The van der Waals surface area contributed by atoms with E-state index in [4.69, 9.17) is 9.73 Å². The van der Waals surface area contributed by atoms with E-state index in [0.717, 1.165) is 63.9 Å². The Morgan fingerprint density at radius 3 is 2.62 bits per heavy atom. The molecule has 0 spiro atoms. The van der Waals surface area contributed by atoms with Crippen LogP contribution < -0.4 is 15.4 Å². The lowest BCUT2D eigenvalue weighted by Gasteiger charge is -2.38. The summed E-state index contributed by atoms with van der Waals surface area (Å²) >= 11 is 0. The number of likely N-dealkylation sites (N-methyl/N-ethyl adjacent to an activating group) is 1. The number of benzene rings is 1. The van der Waals surface area contributed by atoms with Crippen LogP contribution >= 0.6 is 0 Å². The van der Waals surface area contributed by atoms with Gasteiger partial charge in [0.1, 0.15) is 11.4 Å². The van der Waals surface area contributed by atoms with Crippen LogP contribution in [0.3, 0.4) is 0 Å². The molecule has 6 nitrogen and oxygen atoms in total. The zero-order valence-electron chi connectivity index (χ0n) is 18.9. The van der Waals surface area contributed by atoms with Crippen molar-refractivity contribution >= 4 is 5.96 Å². The Labute approximate surface area is 176 Å². The number of rotatable bonds is 6. The number of nitrogens with zero attached hydrogens (tertiary/aromatic N) is 3. The van der Waals surface area contributed by atoms with Gasteiger partial charge < -0.3 is 20.3 Å². The van der Waals surface area contributed by atoms with E-state index >= 15 is 0 Å². The minimum absolute atomic E-state index is 0.191. The van der Waals surface area contributed by atoms with E-state index in [1.165, 1.54) is 5.56 Å². The van der Waals surface area contributed by atoms with Crippen LogP contribution in [0.1, 0.15) is 52.6 Å². The molecule has 0 amide bonds. The number of fused-ring (bicyclic) bond motifs is 1. The molecule has 0 bridgehead atoms. The van der Waals surface area contributed by atoms with Gasteiger partial charge in [0.15, 0.2) is 5.96 Å². The molecule has 29 heavy (non-hydrogen) atoms. The Bertz CT molecular complexity index is 682. The lowest BCUT2D eigenvalue weighted by atomic mass is 9.90. The summed E-state index contributed by atoms with van der Waals surface area (Å²) in [4.78, 5) is 10.0. The summed E-state index contributed by atoms with van der Waals surface area (Å²) in [5.74, 6) is 1.86. The molecule has 1 saturated heterocycles. The average Bonchev–Trinajstić information content (AvgIpc) is 2.71. The lowest BCUT2D eigenvalue weighted by Crippen LogP contribution is -2.50. The average molecular weight is 402 g/mol. The van der Waals surface area contributed by atoms with Gasteiger partial charge in [-0.25, -0.2) is 0 Å². The van der Waals surface area contributed by atoms with Crippen molar-refractivity contribution in [1.82, 2.24) is 20.4 Å². The van der Waals surface area contributed by atoms with Crippen LogP contribution in [0.4, 0.5) is 0 Å². The molecule has 2 aliphatic heterocycles. The highest BCUT2D eigenvalue weighted by atomic mass is 16.5. The molecule has 1 fully saturated rings. The topological polar surface area (TPSA) is 52.1 Å². The summed E-state index contributed by atoms with van der Waals surface area (Å²) in [5, 5.41) is 7.11. The Hall–Kier alpha value is -1.79. The van der Waals surface area contributed by atoms with E-state index in [-0.39, 0.29) is 11.6 Å². The predicted octanol–water partition coefficient (Wildman–Crippen LogP) is 2.87. The monoisotopic (exact) mass is 401 g/mol. The standard InChI is InChI=1S/C23H39N5O/c1-6-24-22(25-17-18(3)28-14-12-27(7-2)13-15-28)26-20-16-23(4,5)29-21-11-9-8-10-19(20)21/h8-11,18,20H,6-7,12-17H2,1-5H3,(H2,24,25,26). The Morgan fingerprint density at radius 2 is 1.93 bits per heavy atom. The normalized spacial score (nSPS) is 23.8. The first-order valence-corrected chi connectivity index (χ1v) is 11.2. The highest BCUT2D eigenvalue weighted by molar-refractivity contribution is 5.80. The van der Waals surface area contributed by atoms with Gasteiger partial charge >= 0.3 is 0 Å². The third-order valence-corrected chi connectivity index (χ3v) is 6.02. The molecule has 0 saturated carbocycles. The van der Waals surface area contributed by atoms with Gasteiger partial charge in [0, 0.05) is 50.7 Å². The largest absolute Gasteiger partial charge is 0.487 e. The van der Waals surface area contributed by atoms with Gasteiger partial charge in [0.2, 0.25) is 0 Å². The minimum Gasteiger partial charge on any atom is -0.487 e. The Kier molecular flexibility index (Phi) is 7.41. The van der Waals surface area contributed by atoms with Gasteiger partial charge in [-0.15, -0.1) is 0 Å². The maximum atomic E-state index is 6.18. The molecule has 2 N–H and O–H groups in total. The second-order valence-corrected chi connectivity index (χ2v) is 8.84. The summed E-state index contributed by atoms with van der Waals surface area (Å²) in [7, 11) is 0. The molecular formula is C23H39N5O. The summed E-state index contributed by atoms with van der Waals surface area (Å²) in [6.45, 7) is 18.4. The van der Waals surface area contributed by atoms with Crippen molar-refractivity contribution in [2.75, 3.05) is 45.8 Å². The number of aliphatic imine (C=N–C) groups is 1. The van der Waals surface area contributed by atoms with Gasteiger partial charge in [0.25, 0.3) is 0 Å². The zero-order valence-corrected chi connectivity index (χ0v) is 18.9. The maximum Gasteiger partial charge on any atom is 0.191 e. The van der Waals surface area contributed by atoms with Gasteiger partial charge in [-0.2, -0.15) is 0 Å². The number of hydrogen-bond acceptors (Lipinski definition) is 4. The van der Waals surface area contributed by atoms with Crippen LogP contribution in [0.2, 0.25) is 0 Å². The van der Waals surface area contributed by atoms with Crippen LogP contribution in [0, 0.1) is 0 Å². The van der Waals surface area contributed by atoms with Crippen molar-refractivity contribution in [3.63, 3.8) is 0 Å². The van der Waals surface area contributed by atoms with Crippen LogP contribution in [0.15, 0.2) is 29.3 Å². The van der Waals surface area contributed by atoms with Gasteiger partial charge in [-0.3, -0.25) is 9.89 Å². The molecule has 2 atom stereocenters. The summed E-state index contributed by atoms with van der Waals surface area (Å²) < 4.78 is 6.18. The highest BCUT2D eigenvalue weighted by Crippen LogP contribution is 2.39. The molecule has 0 aromatic heterocycles. The van der Waals surface area contributed by atoms with Crippen molar-refractivity contribution in [2.45, 2.75) is 58.7 Å². The second kappa shape index (κ2) is 9.81. The van der Waals surface area contributed by atoms with Crippen LogP contribution in [-0.4, -0.2) is 73.2 Å². The fourth-order valence-corrected chi connectivity index (χ4v) is 4.28. The quantitative estimate of drug-likeness (QED) is 0.567.